The van der Waals surface area contributed by atoms with Crippen molar-refractivity contribution in [3.8, 4) is 0 Å². The molecule has 2 aromatic rings. The lowest BCUT2D eigenvalue weighted by molar-refractivity contribution is -0.122. The number of nitrogens with one attached hydrogen (secondary N) is 1. The van der Waals surface area contributed by atoms with E-state index in [4.69, 9.17) is 0 Å². The highest BCUT2D eigenvalue weighted by Gasteiger charge is 2.35. The van der Waals surface area contributed by atoms with Crippen LogP contribution in [0.4, 0.5) is 11.4 Å². The maximum atomic E-state index is 12.6. The number of esters is 1. The van der Waals surface area contributed by atoms with E-state index in [9.17, 15) is 14.4 Å². The van der Waals surface area contributed by atoms with Gasteiger partial charge in [0.25, 0.3) is 0 Å². The van der Waals surface area contributed by atoms with E-state index in [2.05, 4.69) is 10.1 Å². The van der Waals surface area contributed by atoms with Gasteiger partial charge in [-0.15, -0.1) is 0 Å². The molecule has 1 fully saturated rings. The van der Waals surface area contributed by atoms with Gasteiger partial charge in [-0.1, -0.05) is 12.1 Å². The molecule has 0 aliphatic carbocycles. The average Bonchev–Trinajstić information content (AvgIpc) is 3.05. The maximum Gasteiger partial charge on any atom is 0.337 e. The second-order valence-corrected chi connectivity index (χ2v) is 6.68. The van der Waals surface area contributed by atoms with Crippen molar-refractivity contribution in [2.24, 2.45) is 5.92 Å². The van der Waals surface area contributed by atoms with Gasteiger partial charge in [-0.25, -0.2) is 4.79 Å². The van der Waals surface area contributed by atoms with Crippen LogP contribution in [0.5, 0.6) is 0 Å². The lowest BCUT2D eigenvalue weighted by atomic mass is 10.1. The van der Waals surface area contributed by atoms with Gasteiger partial charge in [0, 0.05) is 24.3 Å². The number of aryl methyl sites for hydroxylation is 1. The number of nitrogens with zero attached hydrogens (tertiary/aromatic N) is 1. The number of hydrogen-bond acceptors (Lipinski definition) is 4. The van der Waals surface area contributed by atoms with Crippen LogP contribution in [0.2, 0.25) is 0 Å². The van der Waals surface area contributed by atoms with Crippen LogP contribution >= 0.6 is 0 Å². The standard InChI is InChI=1S/C21H22N2O4/c1-13-5-4-6-18(14(13)2)23-12-16(11-19(23)24)20(25)22-17-9-7-15(8-10-17)21(26)27-3/h4-10,16H,11-12H2,1-3H3,(H,22,25)/t16-/m0/s1. The molecule has 27 heavy (non-hydrogen) atoms. The number of ether oxygens (including phenoxy) is 1. The molecule has 1 heterocycles. The van der Waals surface area contributed by atoms with Crippen molar-refractivity contribution < 1.29 is 19.1 Å². The van der Waals surface area contributed by atoms with Gasteiger partial charge in [0.2, 0.25) is 11.8 Å². The van der Waals surface area contributed by atoms with Gasteiger partial charge < -0.3 is 15.0 Å². The summed E-state index contributed by atoms with van der Waals surface area (Å²) in [6.07, 6.45) is 0.180. The molecular formula is C21H22N2O4. The number of carbonyl (C=O) groups excluding carboxylic acids is 3. The number of benzene rings is 2. The molecule has 1 aliphatic heterocycles. The molecule has 6 heteroatoms. The zero-order chi connectivity index (χ0) is 19.6. The predicted octanol–water partition coefficient (Wildman–Crippen LogP) is 3.08. The number of hydrogen-bond donors (Lipinski definition) is 1. The molecular weight excluding hydrogens is 344 g/mol. The Morgan fingerprint density at radius 1 is 1.11 bits per heavy atom. The lowest BCUT2D eigenvalue weighted by Gasteiger charge is -2.20. The Morgan fingerprint density at radius 3 is 2.48 bits per heavy atom. The highest BCUT2D eigenvalue weighted by atomic mass is 16.5. The van der Waals surface area contributed by atoms with Crippen molar-refractivity contribution in [2.75, 3.05) is 23.9 Å². The fourth-order valence-corrected chi connectivity index (χ4v) is 3.20. The van der Waals surface area contributed by atoms with E-state index in [-0.39, 0.29) is 18.2 Å². The monoisotopic (exact) mass is 366 g/mol. The molecule has 1 N–H and O–H groups in total. The molecule has 6 nitrogen and oxygen atoms in total. The van der Waals surface area contributed by atoms with Crippen molar-refractivity contribution in [2.45, 2.75) is 20.3 Å². The molecule has 0 spiro atoms. The fraction of sp³-hybridized carbons (Fsp3) is 0.286. The smallest absolute Gasteiger partial charge is 0.337 e. The minimum atomic E-state index is -0.432. The lowest BCUT2D eigenvalue weighted by Crippen LogP contribution is -2.28. The van der Waals surface area contributed by atoms with Crippen LogP contribution in [-0.4, -0.2) is 31.4 Å². The molecule has 0 bridgehead atoms. The van der Waals surface area contributed by atoms with Gasteiger partial charge in [-0.2, -0.15) is 0 Å². The SMILES string of the molecule is COC(=O)c1ccc(NC(=O)[C@H]2CC(=O)N(c3cccc(C)c3C)C2)cc1. The summed E-state index contributed by atoms with van der Waals surface area (Å²) < 4.78 is 4.65. The summed E-state index contributed by atoms with van der Waals surface area (Å²) in [5.41, 5.74) is 4.00. The van der Waals surface area contributed by atoms with E-state index in [0.29, 0.717) is 17.8 Å². The van der Waals surface area contributed by atoms with Crippen molar-refractivity contribution in [1.82, 2.24) is 0 Å². The summed E-state index contributed by atoms with van der Waals surface area (Å²) in [5, 5.41) is 2.82. The fourth-order valence-electron chi connectivity index (χ4n) is 3.20. The highest BCUT2D eigenvalue weighted by Crippen LogP contribution is 2.30. The Bertz CT molecular complexity index is 890. The zero-order valence-corrected chi connectivity index (χ0v) is 15.6. The normalized spacial score (nSPS) is 16.3. The van der Waals surface area contributed by atoms with E-state index < -0.39 is 11.9 Å². The molecule has 0 saturated carbocycles. The summed E-state index contributed by atoms with van der Waals surface area (Å²) in [6, 6.07) is 12.3. The Labute approximate surface area is 158 Å². The van der Waals surface area contributed by atoms with Crippen LogP contribution in [0, 0.1) is 19.8 Å². The summed E-state index contributed by atoms with van der Waals surface area (Å²) >= 11 is 0. The first-order valence-corrected chi connectivity index (χ1v) is 8.76. The van der Waals surface area contributed by atoms with Gasteiger partial charge in [-0.3, -0.25) is 9.59 Å². The second-order valence-electron chi connectivity index (χ2n) is 6.68. The van der Waals surface area contributed by atoms with Crippen LogP contribution in [0.25, 0.3) is 0 Å². The number of anilines is 2. The largest absolute Gasteiger partial charge is 0.465 e. The van der Waals surface area contributed by atoms with Crippen molar-refractivity contribution in [3.63, 3.8) is 0 Å². The van der Waals surface area contributed by atoms with Gasteiger partial charge in [-0.05, 0) is 55.3 Å². The number of rotatable bonds is 4. The van der Waals surface area contributed by atoms with Crippen LogP contribution in [0.15, 0.2) is 42.5 Å². The number of carbonyl (C=O) groups is 3. The van der Waals surface area contributed by atoms with E-state index in [1.807, 2.05) is 32.0 Å². The van der Waals surface area contributed by atoms with Crippen molar-refractivity contribution in [3.05, 3.63) is 59.2 Å². The molecule has 1 saturated heterocycles. The van der Waals surface area contributed by atoms with Gasteiger partial charge >= 0.3 is 5.97 Å². The van der Waals surface area contributed by atoms with E-state index in [1.165, 1.54) is 7.11 Å². The molecule has 0 unspecified atom stereocenters. The molecule has 0 aromatic heterocycles. The molecule has 0 radical (unpaired) electrons. The topological polar surface area (TPSA) is 75.7 Å². The van der Waals surface area contributed by atoms with Gasteiger partial charge in [0.15, 0.2) is 0 Å². The Morgan fingerprint density at radius 2 is 1.81 bits per heavy atom. The van der Waals surface area contributed by atoms with E-state index >= 15 is 0 Å². The minimum Gasteiger partial charge on any atom is -0.465 e. The molecule has 2 amide bonds. The zero-order valence-electron chi connectivity index (χ0n) is 15.6. The highest BCUT2D eigenvalue weighted by molar-refractivity contribution is 6.04. The predicted molar refractivity (Wildman–Crippen MR) is 103 cm³/mol. The quantitative estimate of drug-likeness (QED) is 0.844. The van der Waals surface area contributed by atoms with E-state index in [0.717, 1.165) is 16.8 Å². The summed E-state index contributed by atoms with van der Waals surface area (Å²) in [7, 11) is 1.32. The van der Waals surface area contributed by atoms with Crippen LogP contribution in [0.3, 0.4) is 0 Å². The number of methoxy groups -OCH3 is 1. The summed E-state index contributed by atoms with van der Waals surface area (Å²) in [4.78, 5) is 38.2. The Balaban J connectivity index is 1.69. The first-order valence-electron chi connectivity index (χ1n) is 8.76. The van der Waals surface area contributed by atoms with Crippen LogP contribution in [0.1, 0.15) is 27.9 Å². The van der Waals surface area contributed by atoms with Crippen molar-refractivity contribution in [1.29, 1.82) is 0 Å². The summed E-state index contributed by atoms with van der Waals surface area (Å²) in [5.74, 6) is -1.11. The van der Waals surface area contributed by atoms with E-state index in [1.54, 1.807) is 29.2 Å². The Kier molecular flexibility index (Phi) is 5.26. The average molecular weight is 366 g/mol. The molecule has 1 atom stereocenters. The molecule has 1 aliphatic rings. The van der Waals surface area contributed by atoms with Crippen molar-refractivity contribution >= 4 is 29.2 Å². The Hall–Kier alpha value is -3.15. The first kappa shape index (κ1) is 18.6. The van der Waals surface area contributed by atoms with Gasteiger partial charge in [0.05, 0.1) is 18.6 Å². The number of amides is 2. The third-order valence-corrected chi connectivity index (χ3v) is 4.94. The van der Waals surface area contributed by atoms with Crippen LogP contribution < -0.4 is 10.2 Å². The molecule has 140 valence electrons. The van der Waals surface area contributed by atoms with Gasteiger partial charge in [0.1, 0.15) is 0 Å². The third-order valence-electron chi connectivity index (χ3n) is 4.94. The maximum absolute atomic E-state index is 12.6. The first-order chi connectivity index (χ1) is 12.9. The second kappa shape index (κ2) is 7.61. The third kappa shape index (κ3) is 3.84. The molecule has 2 aromatic carbocycles. The minimum absolute atomic E-state index is 0.0510. The molecule has 3 rings (SSSR count). The summed E-state index contributed by atoms with van der Waals surface area (Å²) in [6.45, 7) is 4.34. The van der Waals surface area contributed by atoms with Crippen LogP contribution in [-0.2, 0) is 14.3 Å².